The van der Waals surface area contributed by atoms with Crippen LogP contribution in [0.3, 0.4) is 0 Å². The number of imidazole rings is 1. The smallest absolute Gasteiger partial charge is 0.274 e. The van der Waals surface area contributed by atoms with Crippen LogP contribution in [0, 0.1) is 0 Å². The van der Waals surface area contributed by atoms with Gasteiger partial charge in [-0.25, -0.2) is 9.38 Å². The number of nitrogens with zero attached hydrogens (tertiary/aromatic N) is 2. The average molecular weight is 376 g/mol. The van der Waals surface area contributed by atoms with Crippen LogP contribution in [0.25, 0.3) is 33.0 Å². The number of rotatable bonds is 2. The van der Waals surface area contributed by atoms with E-state index in [4.69, 9.17) is 9.15 Å². The summed E-state index contributed by atoms with van der Waals surface area (Å²) in [5.74, 6) is 0.567. The number of methoxy groups -OCH3 is 1. The zero-order chi connectivity index (χ0) is 18.5. The molecule has 0 unspecified atom stereocenters. The Kier molecular flexibility index (Phi) is 3.38. The molecule has 0 aliphatic heterocycles. The van der Waals surface area contributed by atoms with E-state index in [1.54, 1.807) is 28.7 Å². The van der Waals surface area contributed by atoms with Gasteiger partial charge in [-0.2, -0.15) is 0 Å². The van der Waals surface area contributed by atoms with Gasteiger partial charge < -0.3 is 9.15 Å². The SMILES string of the molecule is COc1ccc2occ(/C=c3\sc4nc5ccccc5n4c3=O)c(=O)c2c1. The molecule has 0 N–H and O–H groups in total. The van der Waals surface area contributed by atoms with Crippen LogP contribution >= 0.6 is 11.3 Å². The predicted molar refractivity (Wildman–Crippen MR) is 105 cm³/mol. The Morgan fingerprint density at radius 1 is 1.19 bits per heavy atom. The Hall–Kier alpha value is -3.45. The molecule has 3 heterocycles. The summed E-state index contributed by atoms with van der Waals surface area (Å²) in [6.07, 6.45) is 2.93. The molecule has 0 saturated carbocycles. The number of ether oxygens (including phenoxy) is 1. The van der Waals surface area contributed by atoms with Crippen LogP contribution in [0.5, 0.6) is 5.75 Å². The Labute approximate surface area is 155 Å². The molecule has 0 amide bonds. The third-order valence-corrected chi connectivity index (χ3v) is 5.41. The fourth-order valence-electron chi connectivity index (χ4n) is 3.11. The van der Waals surface area contributed by atoms with Gasteiger partial charge in [0, 0.05) is 0 Å². The monoisotopic (exact) mass is 376 g/mol. The van der Waals surface area contributed by atoms with Gasteiger partial charge in [0.15, 0.2) is 10.4 Å². The van der Waals surface area contributed by atoms with Crippen LogP contribution < -0.4 is 20.3 Å². The second-order valence-electron chi connectivity index (χ2n) is 6.02. The fourth-order valence-corrected chi connectivity index (χ4v) is 4.08. The average Bonchev–Trinajstić information content (AvgIpc) is 3.20. The van der Waals surface area contributed by atoms with Gasteiger partial charge in [-0.15, -0.1) is 0 Å². The summed E-state index contributed by atoms with van der Waals surface area (Å²) in [4.78, 5) is 30.7. The zero-order valence-electron chi connectivity index (χ0n) is 14.1. The van der Waals surface area contributed by atoms with Crippen LogP contribution in [0.2, 0.25) is 0 Å². The lowest BCUT2D eigenvalue weighted by atomic mass is 10.1. The van der Waals surface area contributed by atoms with Crippen molar-refractivity contribution in [3.8, 4) is 5.75 Å². The Bertz CT molecular complexity index is 1510. The van der Waals surface area contributed by atoms with Crippen molar-refractivity contribution in [1.82, 2.24) is 9.38 Å². The normalized spacial score (nSPS) is 12.4. The lowest BCUT2D eigenvalue weighted by molar-refractivity contribution is 0.415. The molecule has 27 heavy (non-hydrogen) atoms. The summed E-state index contributed by atoms with van der Waals surface area (Å²) < 4.78 is 12.7. The molecule has 0 radical (unpaired) electrons. The maximum Gasteiger partial charge on any atom is 0.274 e. The van der Waals surface area contributed by atoms with Gasteiger partial charge in [0.1, 0.15) is 17.6 Å². The highest BCUT2D eigenvalue weighted by atomic mass is 32.1. The molecule has 132 valence electrons. The molecule has 0 spiro atoms. The van der Waals surface area contributed by atoms with Gasteiger partial charge in [-0.3, -0.25) is 9.59 Å². The van der Waals surface area contributed by atoms with Crippen molar-refractivity contribution in [3.05, 3.63) is 79.4 Å². The molecule has 0 bridgehead atoms. The van der Waals surface area contributed by atoms with Crippen molar-refractivity contribution in [1.29, 1.82) is 0 Å². The first kappa shape index (κ1) is 15.8. The number of benzene rings is 2. The minimum atomic E-state index is -0.217. The molecule has 0 fully saturated rings. The highest BCUT2D eigenvalue weighted by Gasteiger charge is 2.12. The second-order valence-corrected chi connectivity index (χ2v) is 7.03. The molecule has 5 aromatic rings. The van der Waals surface area contributed by atoms with Crippen LogP contribution in [-0.2, 0) is 0 Å². The molecule has 0 aliphatic rings. The Balaban J connectivity index is 1.77. The van der Waals surface area contributed by atoms with Gasteiger partial charge in [-0.1, -0.05) is 23.5 Å². The van der Waals surface area contributed by atoms with E-state index in [9.17, 15) is 9.59 Å². The second kappa shape index (κ2) is 5.78. The van der Waals surface area contributed by atoms with E-state index in [1.165, 1.54) is 24.7 Å². The van der Waals surface area contributed by atoms with Crippen molar-refractivity contribution < 1.29 is 9.15 Å². The number of fused-ring (bicyclic) bond motifs is 4. The van der Waals surface area contributed by atoms with Crippen LogP contribution in [0.4, 0.5) is 0 Å². The molecule has 3 aromatic heterocycles. The molecule has 7 heteroatoms. The van der Waals surface area contributed by atoms with E-state index < -0.39 is 0 Å². The van der Waals surface area contributed by atoms with Gasteiger partial charge in [0.25, 0.3) is 5.56 Å². The quantitative estimate of drug-likeness (QED) is 0.473. The summed E-state index contributed by atoms with van der Waals surface area (Å²) in [6.45, 7) is 0. The lowest BCUT2D eigenvalue weighted by Gasteiger charge is -2.01. The Morgan fingerprint density at radius 3 is 2.89 bits per heavy atom. The van der Waals surface area contributed by atoms with Gasteiger partial charge in [0.05, 0.1) is 33.6 Å². The van der Waals surface area contributed by atoms with Gasteiger partial charge >= 0.3 is 0 Å². The van der Waals surface area contributed by atoms with Crippen LogP contribution in [0.1, 0.15) is 5.56 Å². The van der Waals surface area contributed by atoms with E-state index in [-0.39, 0.29) is 11.0 Å². The first-order valence-electron chi connectivity index (χ1n) is 8.17. The van der Waals surface area contributed by atoms with Crippen molar-refractivity contribution in [3.63, 3.8) is 0 Å². The van der Waals surface area contributed by atoms with E-state index in [0.717, 1.165) is 11.0 Å². The van der Waals surface area contributed by atoms with Crippen molar-refractivity contribution in [2.45, 2.75) is 0 Å². The lowest BCUT2D eigenvalue weighted by Crippen LogP contribution is -2.23. The molecular weight excluding hydrogens is 364 g/mol. The van der Waals surface area contributed by atoms with E-state index in [0.29, 0.717) is 31.8 Å². The largest absolute Gasteiger partial charge is 0.497 e. The van der Waals surface area contributed by atoms with Crippen molar-refractivity contribution in [2.75, 3.05) is 7.11 Å². The zero-order valence-corrected chi connectivity index (χ0v) is 14.9. The van der Waals surface area contributed by atoms with E-state index in [2.05, 4.69) is 4.98 Å². The number of para-hydroxylation sites is 2. The summed E-state index contributed by atoms with van der Waals surface area (Å²) in [6, 6.07) is 12.5. The number of aromatic nitrogens is 2. The first-order chi connectivity index (χ1) is 13.2. The predicted octanol–water partition coefficient (Wildman–Crippen LogP) is 2.57. The number of hydrogen-bond acceptors (Lipinski definition) is 6. The Morgan fingerprint density at radius 2 is 2.04 bits per heavy atom. The summed E-state index contributed by atoms with van der Waals surface area (Å²) in [7, 11) is 1.54. The highest BCUT2D eigenvalue weighted by Crippen LogP contribution is 2.19. The van der Waals surface area contributed by atoms with Crippen molar-refractivity contribution >= 4 is 44.4 Å². The van der Waals surface area contributed by atoms with Gasteiger partial charge in [-0.05, 0) is 36.4 Å². The summed E-state index contributed by atoms with van der Waals surface area (Å²) in [5.41, 5.74) is 1.88. The summed E-state index contributed by atoms with van der Waals surface area (Å²) in [5, 5.41) is 0.405. The number of thiazole rings is 1. The number of hydrogen-bond donors (Lipinski definition) is 0. The molecule has 0 atom stereocenters. The maximum absolute atomic E-state index is 12.8. The van der Waals surface area contributed by atoms with E-state index in [1.807, 2.05) is 24.3 Å². The first-order valence-corrected chi connectivity index (χ1v) is 8.98. The molecule has 5 rings (SSSR count). The van der Waals surface area contributed by atoms with Crippen LogP contribution in [0.15, 0.2) is 62.7 Å². The van der Waals surface area contributed by atoms with Crippen LogP contribution in [-0.4, -0.2) is 16.5 Å². The summed E-state index contributed by atoms with van der Waals surface area (Å²) >= 11 is 1.24. The molecule has 6 nitrogen and oxygen atoms in total. The third-order valence-electron chi connectivity index (χ3n) is 4.44. The van der Waals surface area contributed by atoms with Gasteiger partial charge in [0.2, 0.25) is 0 Å². The maximum atomic E-state index is 12.8. The highest BCUT2D eigenvalue weighted by molar-refractivity contribution is 7.15. The standard InChI is InChI=1S/C20H12N2O4S/c1-25-12-6-7-16-13(9-12)18(23)11(10-26-16)8-17-19(24)22-15-5-3-2-4-14(15)21-20(22)27-17/h2-10H,1H3/b17-8-. The topological polar surface area (TPSA) is 73.8 Å². The van der Waals surface area contributed by atoms with Crippen molar-refractivity contribution in [2.24, 2.45) is 0 Å². The minimum absolute atomic E-state index is 0.200. The van der Waals surface area contributed by atoms with E-state index >= 15 is 0 Å². The molecule has 0 saturated heterocycles. The molecular formula is C20H12N2O4S. The fraction of sp³-hybridized carbons (Fsp3) is 0.0500. The molecule has 2 aromatic carbocycles. The molecule has 0 aliphatic carbocycles. The third kappa shape index (κ3) is 2.36. The minimum Gasteiger partial charge on any atom is -0.497 e.